The molecule has 3 N–H and O–H groups in total. The molecule has 0 aliphatic carbocycles. The summed E-state index contributed by atoms with van der Waals surface area (Å²) in [6, 6.07) is -1.35. The molecule has 9 nitrogen and oxygen atoms in total. The minimum atomic E-state index is -0.993. The fourth-order valence-electron chi connectivity index (χ4n) is 4.58. The number of allylic oxidation sites excluding steroid dienone is 6. The first kappa shape index (κ1) is 40.1. The van der Waals surface area contributed by atoms with Crippen molar-refractivity contribution in [1.29, 1.82) is 0 Å². The molecule has 10 heteroatoms. The summed E-state index contributed by atoms with van der Waals surface area (Å²) in [6.07, 6.45) is 13.7. The highest BCUT2D eigenvalue weighted by atomic mass is 32.2. The van der Waals surface area contributed by atoms with Gasteiger partial charge in [0.2, 0.25) is 5.91 Å². The predicted octanol–water partition coefficient (Wildman–Crippen LogP) is 8.08. The first-order valence-electron chi connectivity index (χ1n) is 15.0. The summed E-state index contributed by atoms with van der Waals surface area (Å²) in [6.45, 7) is 23.9. The Bertz CT molecular complexity index is 1050. The van der Waals surface area contributed by atoms with E-state index in [9.17, 15) is 15.1 Å². The Hall–Kier alpha value is -2.94. The first-order chi connectivity index (χ1) is 20.1. The van der Waals surface area contributed by atoms with Crippen LogP contribution in [-0.2, 0) is 9.53 Å². The van der Waals surface area contributed by atoms with Crippen molar-refractivity contribution in [3.05, 3.63) is 70.8 Å². The zero-order valence-electron chi connectivity index (χ0n) is 27.9. The van der Waals surface area contributed by atoms with Gasteiger partial charge in [-0.1, -0.05) is 62.0 Å². The number of ether oxygens (including phenoxy) is 1. The quantitative estimate of drug-likeness (QED) is 0.0497. The van der Waals surface area contributed by atoms with E-state index in [4.69, 9.17) is 10.5 Å². The number of azide groups is 1. The number of nitrogens with two attached hydrogens (primary N) is 1. The van der Waals surface area contributed by atoms with E-state index < -0.39 is 17.6 Å². The Labute approximate surface area is 264 Å². The van der Waals surface area contributed by atoms with Crippen molar-refractivity contribution in [2.75, 3.05) is 18.6 Å². The highest BCUT2D eigenvalue weighted by Crippen LogP contribution is 2.28. The lowest BCUT2D eigenvalue weighted by molar-refractivity contribution is -0.122. The molecule has 0 saturated carbocycles. The molecule has 0 rings (SSSR count). The van der Waals surface area contributed by atoms with Crippen LogP contribution in [0.3, 0.4) is 0 Å². The number of rotatable bonds is 19. The molecule has 43 heavy (non-hydrogen) atoms. The highest BCUT2D eigenvalue weighted by molar-refractivity contribution is 7.98. The first-order valence-corrected chi connectivity index (χ1v) is 16.4. The molecule has 0 spiro atoms. The average Bonchev–Trinajstić information content (AvgIpc) is 2.91. The molecular weight excluding hydrogens is 560 g/mol. The molecule has 0 heterocycles. The normalized spacial score (nSPS) is 15.1. The van der Waals surface area contributed by atoms with Gasteiger partial charge in [0.25, 0.3) is 0 Å². The highest BCUT2D eigenvalue weighted by Gasteiger charge is 2.32. The summed E-state index contributed by atoms with van der Waals surface area (Å²) in [4.78, 5) is 31.3. The van der Waals surface area contributed by atoms with Crippen molar-refractivity contribution in [2.24, 2.45) is 22.7 Å². The monoisotopic (exact) mass is 616 g/mol. The van der Waals surface area contributed by atoms with E-state index in [1.54, 1.807) is 22.7 Å². The Morgan fingerprint density at radius 2 is 1.81 bits per heavy atom. The number of amides is 2. The van der Waals surface area contributed by atoms with Crippen LogP contribution in [0.15, 0.2) is 65.5 Å². The fourth-order valence-corrected chi connectivity index (χ4v) is 5.04. The van der Waals surface area contributed by atoms with E-state index in [1.807, 2.05) is 79.7 Å². The van der Waals surface area contributed by atoms with Crippen LogP contribution in [-0.4, -0.2) is 59.2 Å². The maximum absolute atomic E-state index is 13.5. The Morgan fingerprint density at radius 3 is 2.33 bits per heavy atom. The van der Waals surface area contributed by atoms with Crippen molar-refractivity contribution >= 4 is 23.8 Å². The molecule has 0 bridgehead atoms. The van der Waals surface area contributed by atoms with Crippen LogP contribution < -0.4 is 11.1 Å². The topological polar surface area (TPSA) is 133 Å². The van der Waals surface area contributed by atoms with Crippen molar-refractivity contribution in [2.45, 2.75) is 105 Å². The van der Waals surface area contributed by atoms with Crippen molar-refractivity contribution < 1.29 is 14.3 Å². The van der Waals surface area contributed by atoms with Gasteiger partial charge in [-0.05, 0) is 102 Å². The number of nitrogens with one attached hydrogen (secondary N) is 1. The molecule has 0 saturated heterocycles. The van der Waals surface area contributed by atoms with Crippen LogP contribution in [0.4, 0.5) is 4.79 Å². The van der Waals surface area contributed by atoms with E-state index in [1.165, 1.54) is 0 Å². The van der Waals surface area contributed by atoms with Crippen LogP contribution in [0, 0.1) is 11.8 Å². The summed E-state index contributed by atoms with van der Waals surface area (Å²) in [5.41, 5.74) is 17.1. The van der Waals surface area contributed by atoms with Gasteiger partial charge in [-0.25, -0.2) is 4.79 Å². The van der Waals surface area contributed by atoms with Gasteiger partial charge < -0.3 is 20.7 Å². The molecule has 0 aliphatic rings. The van der Waals surface area contributed by atoms with Crippen LogP contribution in [0.25, 0.3) is 10.4 Å². The second kappa shape index (κ2) is 20.9. The fraction of sp³-hybridized carbons (Fsp3) is 0.636. The van der Waals surface area contributed by atoms with E-state index in [2.05, 4.69) is 34.8 Å². The zero-order valence-corrected chi connectivity index (χ0v) is 28.7. The van der Waals surface area contributed by atoms with Gasteiger partial charge in [-0.15, -0.1) is 0 Å². The van der Waals surface area contributed by atoms with E-state index in [0.717, 1.165) is 18.6 Å². The van der Waals surface area contributed by atoms with E-state index in [-0.39, 0.29) is 30.0 Å². The van der Waals surface area contributed by atoms with Crippen molar-refractivity contribution in [3.8, 4) is 0 Å². The molecule has 2 unspecified atom stereocenters. The molecule has 0 aromatic heterocycles. The Balaban J connectivity index is 5.79. The summed E-state index contributed by atoms with van der Waals surface area (Å²) >= 11 is 1.78. The van der Waals surface area contributed by atoms with Crippen molar-refractivity contribution in [3.63, 3.8) is 0 Å². The zero-order chi connectivity index (χ0) is 33.2. The number of hydrogen-bond donors (Lipinski definition) is 2. The number of thioether (sulfide) groups is 1. The number of hydrogen-bond acceptors (Lipinski definition) is 6. The van der Waals surface area contributed by atoms with Crippen LogP contribution in [0.2, 0.25) is 0 Å². The molecule has 4 atom stereocenters. The number of nitrogens with zero attached hydrogens (tertiary/aromatic N) is 4. The van der Waals surface area contributed by atoms with Gasteiger partial charge in [0.1, 0.15) is 11.6 Å². The second-order valence-electron chi connectivity index (χ2n) is 12.1. The standard InChI is InChI=1S/C33H56N6O3S/c1-12-14-18-28(36-31(40)30(37-38-35)29(23(3)4)25(6)16-13-2)24(5)19-20-27(34)22-39(26(7)17-15-21-43-11)32(41)42-33(8,9)10/h12-14,16,18,23,26-27,29-30H,5-6,15,17,19-22,34H2,1-4,7-11H3,(H,36,40)/b14-12-,16-13-,28-18+/t26?,27?,29-,30+/m1/s1. The van der Waals surface area contributed by atoms with Crippen LogP contribution in [0.1, 0.15) is 81.1 Å². The Morgan fingerprint density at radius 1 is 1.16 bits per heavy atom. The van der Waals surface area contributed by atoms with Gasteiger partial charge in [0, 0.05) is 35.2 Å². The summed E-state index contributed by atoms with van der Waals surface area (Å²) in [5.74, 6) is 0.213. The van der Waals surface area contributed by atoms with Gasteiger partial charge in [-0.2, -0.15) is 11.8 Å². The van der Waals surface area contributed by atoms with Crippen LogP contribution in [0.5, 0.6) is 0 Å². The molecule has 242 valence electrons. The molecule has 0 radical (unpaired) electrons. The third-order valence-corrected chi connectivity index (χ3v) is 7.48. The van der Waals surface area contributed by atoms with Crippen LogP contribution >= 0.6 is 11.8 Å². The van der Waals surface area contributed by atoms with Gasteiger partial charge >= 0.3 is 6.09 Å². The lowest BCUT2D eigenvalue weighted by atomic mass is 9.82. The molecule has 0 fully saturated rings. The largest absolute Gasteiger partial charge is 0.444 e. The third kappa shape index (κ3) is 15.9. The molecular formula is C33H56N6O3S. The van der Waals surface area contributed by atoms with Gasteiger partial charge in [-0.3, -0.25) is 4.79 Å². The molecule has 0 aliphatic heterocycles. The second-order valence-corrected chi connectivity index (χ2v) is 13.1. The maximum atomic E-state index is 13.5. The SMILES string of the molecule is C=C(CCC(N)CN(C(=O)OC(C)(C)C)C(C)CCCSC)/C(=C\C=C/C)NC(=O)[C@@H](N=[N+]=[N-])[C@@H](C(=C)/C=C\C)C(C)C. The van der Waals surface area contributed by atoms with Gasteiger partial charge in [0.05, 0.1) is 0 Å². The summed E-state index contributed by atoms with van der Waals surface area (Å²) < 4.78 is 5.69. The van der Waals surface area contributed by atoms with E-state index in [0.29, 0.717) is 36.2 Å². The predicted molar refractivity (Wildman–Crippen MR) is 183 cm³/mol. The smallest absolute Gasteiger partial charge is 0.410 e. The lowest BCUT2D eigenvalue weighted by Crippen LogP contribution is -2.48. The molecule has 0 aromatic rings. The minimum absolute atomic E-state index is 0.00477. The number of carbonyl (C=O) groups is 2. The minimum Gasteiger partial charge on any atom is -0.444 e. The van der Waals surface area contributed by atoms with Crippen molar-refractivity contribution in [1.82, 2.24) is 10.2 Å². The summed E-state index contributed by atoms with van der Waals surface area (Å²) in [7, 11) is 0. The number of carbonyl (C=O) groups excluding carboxylic acids is 2. The van der Waals surface area contributed by atoms with Gasteiger partial charge in [0.15, 0.2) is 0 Å². The summed E-state index contributed by atoms with van der Waals surface area (Å²) in [5, 5.41) is 6.80. The maximum Gasteiger partial charge on any atom is 0.410 e. The lowest BCUT2D eigenvalue weighted by Gasteiger charge is -2.33. The Kier molecular flexibility index (Phi) is 19.4. The average molecular weight is 617 g/mol. The molecule has 0 aromatic carbocycles. The third-order valence-electron chi connectivity index (χ3n) is 6.78. The van der Waals surface area contributed by atoms with E-state index >= 15 is 0 Å². The molecule has 2 amide bonds.